The molecule has 0 unspecified atom stereocenters. The summed E-state index contributed by atoms with van der Waals surface area (Å²) in [5.41, 5.74) is 1.17. The summed E-state index contributed by atoms with van der Waals surface area (Å²) in [6.45, 7) is 9.28. The van der Waals surface area contributed by atoms with Crippen LogP contribution in [0.25, 0.3) is 11.2 Å². The number of rotatable bonds is 11. The van der Waals surface area contributed by atoms with E-state index >= 15 is 0 Å². The van der Waals surface area contributed by atoms with E-state index in [2.05, 4.69) is 25.2 Å². The largest absolute Gasteiger partial charge is 0.471 e. The number of aromatic nitrogens is 4. The van der Waals surface area contributed by atoms with Crippen molar-refractivity contribution in [1.29, 1.82) is 0 Å². The van der Waals surface area contributed by atoms with Gasteiger partial charge in [0.2, 0.25) is 11.8 Å². The summed E-state index contributed by atoms with van der Waals surface area (Å²) in [7, 11) is 3.98. The standard InChI is InChI=1S/C31H37N7O7/c1-30(2,3)27(39)44-19-37-18-32-24-25(37)33-28(34-26(24)43-17-21-10-8-9-20(15-21)16-36(6)7)35-29(40)45-31(4,5)22-11-13-23(14-12-22)38(41)42/h8-15,18H,16-17,19H2,1-7H3,(H,33,34,35,40). The first-order valence-corrected chi connectivity index (χ1v) is 14.1. The molecule has 0 aliphatic heterocycles. The predicted molar refractivity (Wildman–Crippen MR) is 165 cm³/mol. The van der Waals surface area contributed by atoms with Gasteiger partial charge in [0, 0.05) is 18.7 Å². The number of nitro groups is 1. The molecule has 0 radical (unpaired) electrons. The number of carbonyl (C=O) groups excluding carboxylic acids is 2. The Morgan fingerprint density at radius 2 is 1.71 bits per heavy atom. The number of nitrogens with zero attached hydrogens (tertiary/aromatic N) is 6. The van der Waals surface area contributed by atoms with Gasteiger partial charge < -0.3 is 19.1 Å². The van der Waals surface area contributed by atoms with E-state index in [1.54, 1.807) is 34.6 Å². The SMILES string of the molecule is CN(C)Cc1cccc(COc2nc(NC(=O)OC(C)(C)c3ccc([N+](=O)[O-])cc3)nc3c2ncn3COC(=O)C(C)(C)C)c1. The van der Waals surface area contributed by atoms with Crippen molar-refractivity contribution in [3.05, 3.63) is 81.7 Å². The third kappa shape index (κ3) is 8.50. The monoisotopic (exact) mass is 619 g/mol. The van der Waals surface area contributed by atoms with Gasteiger partial charge in [-0.2, -0.15) is 9.97 Å². The molecule has 238 valence electrons. The molecule has 0 aliphatic rings. The number of nitro benzene ring substituents is 1. The number of nitrogens with one attached hydrogen (secondary N) is 1. The lowest BCUT2D eigenvalue weighted by Crippen LogP contribution is -2.29. The predicted octanol–water partition coefficient (Wildman–Crippen LogP) is 5.41. The summed E-state index contributed by atoms with van der Waals surface area (Å²) in [5.74, 6) is -0.445. The van der Waals surface area contributed by atoms with E-state index in [1.165, 1.54) is 35.2 Å². The van der Waals surface area contributed by atoms with Crippen molar-refractivity contribution in [2.75, 3.05) is 19.4 Å². The number of ether oxygens (including phenoxy) is 3. The summed E-state index contributed by atoms with van der Waals surface area (Å²) >= 11 is 0. The van der Waals surface area contributed by atoms with Crippen LogP contribution in [0, 0.1) is 15.5 Å². The van der Waals surface area contributed by atoms with E-state index in [0.29, 0.717) is 11.1 Å². The molecule has 1 amide bonds. The topological polar surface area (TPSA) is 164 Å². The third-order valence-electron chi connectivity index (χ3n) is 6.58. The molecular weight excluding hydrogens is 582 g/mol. The zero-order valence-electron chi connectivity index (χ0n) is 26.4. The van der Waals surface area contributed by atoms with Crippen molar-refractivity contribution in [3.8, 4) is 5.88 Å². The van der Waals surface area contributed by atoms with Crippen molar-refractivity contribution in [1.82, 2.24) is 24.4 Å². The fourth-order valence-electron chi connectivity index (χ4n) is 4.24. The third-order valence-corrected chi connectivity index (χ3v) is 6.58. The average molecular weight is 620 g/mol. The Kier molecular flexibility index (Phi) is 9.66. The zero-order chi connectivity index (χ0) is 32.9. The Morgan fingerprint density at radius 1 is 1.02 bits per heavy atom. The first-order chi connectivity index (χ1) is 21.1. The lowest BCUT2D eigenvalue weighted by Gasteiger charge is -2.25. The molecule has 4 rings (SSSR count). The molecule has 4 aromatic rings. The maximum Gasteiger partial charge on any atom is 0.414 e. The highest BCUT2D eigenvalue weighted by atomic mass is 16.6. The van der Waals surface area contributed by atoms with Gasteiger partial charge in [0.05, 0.1) is 10.3 Å². The number of fused-ring (bicyclic) bond motifs is 1. The number of benzene rings is 2. The maximum atomic E-state index is 13.0. The fraction of sp³-hybridized carbons (Fsp3) is 0.387. The molecule has 0 fully saturated rings. The molecule has 45 heavy (non-hydrogen) atoms. The Hall–Kier alpha value is -5.11. The van der Waals surface area contributed by atoms with Crippen molar-refractivity contribution in [2.24, 2.45) is 5.41 Å². The van der Waals surface area contributed by atoms with E-state index < -0.39 is 28.0 Å². The molecule has 0 atom stereocenters. The highest BCUT2D eigenvalue weighted by Gasteiger charge is 2.28. The van der Waals surface area contributed by atoms with Crippen molar-refractivity contribution in [2.45, 2.75) is 60.1 Å². The number of carbonyl (C=O) groups is 2. The number of non-ortho nitro benzene ring substituents is 1. The van der Waals surface area contributed by atoms with Crippen LogP contribution in [0.3, 0.4) is 0 Å². The van der Waals surface area contributed by atoms with Crippen LogP contribution in [-0.2, 0) is 39.8 Å². The minimum Gasteiger partial charge on any atom is -0.471 e. The van der Waals surface area contributed by atoms with Gasteiger partial charge in [-0.05, 0) is 77.5 Å². The van der Waals surface area contributed by atoms with Gasteiger partial charge in [-0.25, -0.2) is 9.78 Å². The quantitative estimate of drug-likeness (QED) is 0.130. The molecule has 1 N–H and O–H groups in total. The highest BCUT2D eigenvalue weighted by Crippen LogP contribution is 2.28. The lowest BCUT2D eigenvalue weighted by molar-refractivity contribution is -0.384. The first kappa shape index (κ1) is 32.8. The summed E-state index contributed by atoms with van der Waals surface area (Å²) in [4.78, 5) is 51.2. The summed E-state index contributed by atoms with van der Waals surface area (Å²) < 4.78 is 18.7. The molecule has 0 spiro atoms. The van der Waals surface area contributed by atoms with E-state index in [0.717, 1.165) is 17.7 Å². The summed E-state index contributed by atoms with van der Waals surface area (Å²) in [6, 6.07) is 13.6. The van der Waals surface area contributed by atoms with Gasteiger partial charge in [0.1, 0.15) is 18.5 Å². The van der Waals surface area contributed by atoms with Crippen LogP contribution < -0.4 is 10.1 Å². The lowest BCUT2D eigenvalue weighted by atomic mass is 9.98. The number of imidazole rings is 1. The normalized spacial score (nSPS) is 11.8. The molecule has 2 heterocycles. The van der Waals surface area contributed by atoms with E-state index in [-0.39, 0.29) is 36.5 Å². The van der Waals surface area contributed by atoms with Crippen LogP contribution in [0.1, 0.15) is 51.3 Å². The molecule has 0 saturated carbocycles. The van der Waals surface area contributed by atoms with Gasteiger partial charge in [-0.15, -0.1) is 0 Å². The van der Waals surface area contributed by atoms with Crippen molar-refractivity contribution >= 4 is 34.9 Å². The molecule has 0 aliphatic carbocycles. The summed E-state index contributed by atoms with van der Waals surface area (Å²) in [5, 5.41) is 13.6. The zero-order valence-corrected chi connectivity index (χ0v) is 26.4. The second-order valence-corrected chi connectivity index (χ2v) is 12.2. The second-order valence-electron chi connectivity index (χ2n) is 12.2. The molecule has 2 aromatic heterocycles. The molecule has 2 aromatic carbocycles. The van der Waals surface area contributed by atoms with Crippen molar-refractivity contribution < 1.29 is 28.7 Å². The molecule has 0 saturated heterocycles. The molecule has 14 heteroatoms. The van der Waals surface area contributed by atoms with Gasteiger partial charge >= 0.3 is 12.1 Å². The Labute approximate surface area is 260 Å². The number of anilines is 1. The van der Waals surface area contributed by atoms with Crippen LogP contribution in [0.15, 0.2) is 54.9 Å². The Morgan fingerprint density at radius 3 is 2.36 bits per heavy atom. The van der Waals surface area contributed by atoms with Crippen LogP contribution in [0.2, 0.25) is 0 Å². The van der Waals surface area contributed by atoms with Crippen molar-refractivity contribution in [3.63, 3.8) is 0 Å². The number of hydrogen-bond acceptors (Lipinski definition) is 11. The van der Waals surface area contributed by atoms with Crippen LogP contribution in [0.5, 0.6) is 5.88 Å². The van der Waals surface area contributed by atoms with Gasteiger partial charge in [0.15, 0.2) is 17.9 Å². The molecular formula is C31H37N7O7. The molecule has 0 bridgehead atoms. The highest BCUT2D eigenvalue weighted by molar-refractivity contribution is 5.85. The van der Waals surface area contributed by atoms with Crippen LogP contribution in [0.4, 0.5) is 16.4 Å². The summed E-state index contributed by atoms with van der Waals surface area (Å²) in [6.07, 6.45) is 0.574. The number of hydrogen-bond donors (Lipinski definition) is 1. The van der Waals surface area contributed by atoms with E-state index in [4.69, 9.17) is 14.2 Å². The number of esters is 1. The Bertz CT molecular complexity index is 1690. The maximum absolute atomic E-state index is 13.0. The number of amides is 1. The average Bonchev–Trinajstić information content (AvgIpc) is 3.36. The van der Waals surface area contributed by atoms with Crippen LogP contribution in [-0.4, -0.2) is 55.5 Å². The first-order valence-electron chi connectivity index (χ1n) is 14.1. The minimum absolute atomic E-state index is 0.0811. The van der Waals surface area contributed by atoms with Gasteiger partial charge in [-0.3, -0.25) is 24.8 Å². The van der Waals surface area contributed by atoms with Gasteiger partial charge in [0.25, 0.3) is 5.69 Å². The second kappa shape index (κ2) is 13.3. The Balaban J connectivity index is 1.59. The smallest absolute Gasteiger partial charge is 0.414 e. The van der Waals surface area contributed by atoms with Crippen LogP contribution >= 0.6 is 0 Å². The molecule has 14 nitrogen and oxygen atoms in total. The van der Waals surface area contributed by atoms with Gasteiger partial charge in [-0.1, -0.05) is 24.3 Å². The fourth-order valence-corrected chi connectivity index (χ4v) is 4.24. The van der Waals surface area contributed by atoms with E-state index in [1.807, 2.05) is 38.4 Å². The van der Waals surface area contributed by atoms with E-state index in [9.17, 15) is 19.7 Å². The minimum atomic E-state index is -1.15.